The molecule has 0 spiro atoms. The molecular formula is C16H20MgO4. The minimum absolute atomic E-state index is 0. The maximum atomic E-state index is 11.5. The number of rotatable bonds is 9. The second-order valence-electron chi connectivity index (χ2n) is 5.01. The molecule has 0 N–H and O–H groups in total. The number of hydrogen-bond acceptors (Lipinski definition) is 4. The first kappa shape index (κ1) is 19.9. The Morgan fingerprint density at radius 1 is 0.952 bits per heavy atom. The topological polar surface area (TPSA) is 80.3 Å². The van der Waals surface area contributed by atoms with Gasteiger partial charge in [-0.2, -0.15) is 0 Å². The van der Waals surface area contributed by atoms with E-state index in [-0.39, 0.29) is 35.0 Å². The molecule has 0 saturated carbocycles. The van der Waals surface area contributed by atoms with Crippen molar-refractivity contribution in [1.82, 2.24) is 0 Å². The van der Waals surface area contributed by atoms with Crippen LogP contribution in [0, 0.1) is 0 Å². The van der Waals surface area contributed by atoms with Crippen molar-refractivity contribution in [2.24, 2.45) is 0 Å². The maximum Gasteiger partial charge on any atom is 2.00 e. The van der Waals surface area contributed by atoms with E-state index in [2.05, 4.69) is 6.92 Å². The molecule has 0 aliphatic rings. The van der Waals surface area contributed by atoms with E-state index in [0.29, 0.717) is 6.42 Å². The smallest absolute Gasteiger partial charge is 0.549 e. The van der Waals surface area contributed by atoms with Gasteiger partial charge >= 0.3 is 23.1 Å². The van der Waals surface area contributed by atoms with E-state index in [1.165, 1.54) is 12.1 Å². The number of benzene rings is 1. The van der Waals surface area contributed by atoms with Gasteiger partial charge in [-0.1, -0.05) is 69.4 Å². The number of carbonyl (C=O) groups is 2. The van der Waals surface area contributed by atoms with Crippen molar-refractivity contribution < 1.29 is 19.8 Å². The van der Waals surface area contributed by atoms with Gasteiger partial charge < -0.3 is 19.8 Å². The summed E-state index contributed by atoms with van der Waals surface area (Å²) >= 11 is 0. The molecule has 0 aromatic heterocycles. The van der Waals surface area contributed by atoms with Crippen LogP contribution in [0.5, 0.6) is 0 Å². The van der Waals surface area contributed by atoms with E-state index in [1.54, 1.807) is 18.2 Å². The quantitative estimate of drug-likeness (QED) is 0.376. The van der Waals surface area contributed by atoms with Gasteiger partial charge in [0.2, 0.25) is 0 Å². The van der Waals surface area contributed by atoms with Gasteiger partial charge in [0.25, 0.3) is 0 Å². The van der Waals surface area contributed by atoms with Crippen LogP contribution in [-0.2, 0) is 15.0 Å². The zero-order valence-corrected chi connectivity index (χ0v) is 13.9. The summed E-state index contributed by atoms with van der Waals surface area (Å²) in [4.78, 5) is 22.9. The van der Waals surface area contributed by atoms with E-state index < -0.39 is 17.4 Å². The Labute approximate surface area is 141 Å². The largest absolute Gasteiger partial charge is 2.00 e. The molecule has 110 valence electrons. The summed E-state index contributed by atoms with van der Waals surface area (Å²) in [5.74, 6) is -3.20. The Hall–Kier alpha value is -1.07. The van der Waals surface area contributed by atoms with Crippen molar-refractivity contribution in [3.8, 4) is 0 Å². The molecule has 1 aromatic rings. The Morgan fingerprint density at radius 2 is 1.48 bits per heavy atom. The molecule has 5 heteroatoms. The van der Waals surface area contributed by atoms with E-state index in [9.17, 15) is 19.8 Å². The number of carboxylic acids is 2. The van der Waals surface area contributed by atoms with Gasteiger partial charge in [0, 0.05) is 0 Å². The van der Waals surface area contributed by atoms with Crippen molar-refractivity contribution in [1.29, 1.82) is 0 Å². The summed E-state index contributed by atoms with van der Waals surface area (Å²) in [6.07, 6.45) is 4.45. The number of unbranched alkanes of at least 4 members (excludes halogenated alkanes) is 4. The Kier molecular flexibility index (Phi) is 9.29. The summed E-state index contributed by atoms with van der Waals surface area (Å²) in [7, 11) is 0. The fourth-order valence-corrected chi connectivity index (χ4v) is 2.38. The van der Waals surface area contributed by atoms with Crippen LogP contribution in [0.3, 0.4) is 0 Å². The molecule has 0 saturated heterocycles. The first-order chi connectivity index (χ1) is 9.55. The number of hydrogen-bond donors (Lipinski definition) is 0. The van der Waals surface area contributed by atoms with Crippen LogP contribution in [0.15, 0.2) is 30.3 Å². The third kappa shape index (κ3) is 5.00. The van der Waals surface area contributed by atoms with Gasteiger partial charge in [0.05, 0.1) is 17.4 Å². The number of aliphatic carboxylic acids is 2. The molecule has 0 radical (unpaired) electrons. The average Bonchev–Trinajstić information content (AvgIpc) is 2.43. The summed E-state index contributed by atoms with van der Waals surface area (Å²) < 4.78 is 0. The van der Waals surface area contributed by atoms with Crippen LogP contribution < -0.4 is 10.2 Å². The molecule has 21 heavy (non-hydrogen) atoms. The summed E-state index contributed by atoms with van der Waals surface area (Å²) in [5.41, 5.74) is -1.83. The standard InChI is InChI=1S/C16H22O4.Mg/c1-2-3-4-5-9-12-16(14(17)18,15(19)20)13-10-7-6-8-11-13;/h6-8,10-11H,2-5,9,12H2,1H3,(H,17,18)(H,19,20);/q;+2/p-2. The third-order valence-electron chi connectivity index (χ3n) is 3.62. The predicted molar refractivity (Wildman–Crippen MR) is 77.3 cm³/mol. The predicted octanol–water partition coefficient (Wildman–Crippen LogP) is 0.404. The molecule has 0 heterocycles. The molecule has 0 aliphatic heterocycles. The Morgan fingerprint density at radius 3 is 1.95 bits per heavy atom. The Bertz CT molecular complexity index is 431. The van der Waals surface area contributed by atoms with Crippen LogP contribution in [-0.4, -0.2) is 35.0 Å². The maximum absolute atomic E-state index is 11.5. The average molecular weight is 301 g/mol. The second-order valence-corrected chi connectivity index (χ2v) is 5.01. The van der Waals surface area contributed by atoms with Crippen molar-refractivity contribution in [3.05, 3.63) is 35.9 Å². The van der Waals surface area contributed by atoms with E-state index >= 15 is 0 Å². The molecule has 0 bridgehead atoms. The fourth-order valence-electron chi connectivity index (χ4n) is 2.38. The SMILES string of the molecule is CCCCCCCC(C(=O)[O-])(C(=O)[O-])c1ccccc1.[Mg+2]. The minimum Gasteiger partial charge on any atom is -0.549 e. The molecular weight excluding hydrogens is 280 g/mol. The molecule has 1 rings (SSSR count). The van der Waals surface area contributed by atoms with Crippen LogP contribution in [0.4, 0.5) is 0 Å². The summed E-state index contributed by atoms with van der Waals surface area (Å²) in [6.45, 7) is 2.08. The van der Waals surface area contributed by atoms with Gasteiger partial charge in [-0.3, -0.25) is 0 Å². The van der Waals surface area contributed by atoms with Crippen LogP contribution in [0.2, 0.25) is 0 Å². The van der Waals surface area contributed by atoms with Crippen LogP contribution >= 0.6 is 0 Å². The Balaban J connectivity index is 0.00000400. The number of carbonyl (C=O) groups excluding carboxylic acids is 2. The fraction of sp³-hybridized carbons (Fsp3) is 0.500. The van der Waals surface area contributed by atoms with Crippen molar-refractivity contribution in [2.45, 2.75) is 50.9 Å². The summed E-state index contributed by atoms with van der Waals surface area (Å²) in [5, 5.41) is 22.9. The minimum atomic E-state index is -2.05. The van der Waals surface area contributed by atoms with Gasteiger partial charge in [0.15, 0.2) is 0 Å². The van der Waals surface area contributed by atoms with E-state index in [0.717, 1.165) is 25.7 Å². The molecule has 0 amide bonds. The van der Waals surface area contributed by atoms with Crippen LogP contribution in [0.1, 0.15) is 51.0 Å². The van der Waals surface area contributed by atoms with Gasteiger partial charge in [0.1, 0.15) is 0 Å². The zero-order valence-electron chi connectivity index (χ0n) is 12.5. The van der Waals surface area contributed by atoms with E-state index in [4.69, 9.17) is 0 Å². The van der Waals surface area contributed by atoms with E-state index in [1.807, 2.05) is 0 Å². The first-order valence-corrected chi connectivity index (χ1v) is 7.04. The number of carboxylic acid groups (broad SMARTS) is 2. The van der Waals surface area contributed by atoms with Crippen molar-refractivity contribution >= 4 is 35.0 Å². The van der Waals surface area contributed by atoms with Gasteiger partial charge in [-0.05, 0) is 12.0 Å². The molecule has 0 unspecified atom stereocenters. The molecule has 0 aliphatic carbocycles. The third-order valence-corrected chi connectivity index (χ3v) is 3.62. The molecule has 0 atom stereocenters. The molecule has 4 nitrogen and oxygen atoms in total. The van der Waals surface area contributed by atoms with Gasteiger partial charge in [-0.25, -0.2) is 0 Å². The molecule has 0 fully saturated rings. The first-order valence-electron chi connectivity index (χ1n) is 7.04. The monoisotopic (exact) mass is 300 g/mol. The van der Waals surface area contributed by atoms with Crippen molar-refractivity contribution in [3.63, 3.8) is 0 Å². The second kappa shape index (κ2) is 9.79. The zero-order chi connectivity index (χ0) is 15.0. The normalized spacial score (nSPS) is 10.7. The van der Waals surface area contributed by atoms with Gasteiger partial charge in [-0.15, -0.1) is 0 Å². The van der Waals surface area contributed by atoms with Crippen molar-refractivity contribution in [2.75, 3.05) is 0 Å². The molecule has 1 aromatic carbocycles. The van der Waals surface area contributed by atoms with Crippen LogP contribution in [0.25, 0.3) is 0 Å². The summed E-state index contributed by atoms with van der Waals surface area (Å²) in [6, 6.07) is 7.94.